The zero-order chi connectivity index (χ0) is 16.7. The van der Waals surface area contributed by atoms with Crippen LogP contribution in [0.4, 0.5) is 13.2 Å². The van der Waals surface area contributed by atoms with Crippen LogP contribution in [0, 0.1) is 11.3 Å². The van der Waals surface area contributed by atoms with Gasteiger partial charge in [-0.05, 0) is 43.9 Å². The van der Waals surface area contributed by atoms with Crippen LogP contribution in [0.15, 0.2) is 4.99 Å². The Morgan fingerprint density at radius 2 is 1.83 bits per heavy atom. The number of nitrogens with one attached hydrogen (secondary N) is 1. The Morgan fingerprint density at radius 3 is 2.26 bits per heavy atom. The third-order valence-corrected chi connectivity index (χ3v) is 5.78. The van der Waals surface area contributed by atoms with Crippen molar-refractivity contribution in [1.82, 2.24) is 15.1 Å². The van der Waals surface area contributed by atoms with Crippen LogP contribution in [0.25, 0.3) is 0 Å². The Labute approximate surface area is 136 Å². The molecular formula is C16H27F3N4. The van der Waals surface area contributed by atoms with E-state index in [0.29, 0.717) is 31.6 Å². The van der Waals surface area contributed by atoms with E-state index < -0.39 is 12.2 Å². The van der Waals surface area contributed by atoms with E-state index in [4.69, 9.17) is 0 Å². The van der Waals surface area contributed by atoms with Gasteiger partial charge in [-0.1, -0.05) is 0 Å². The number of piperazine rings is 1. The summed E-state index contributed by atoms with van der Waals surface area (Å²) in [6, 6.07) is -1.37. The highest BCUT2D eigenvalue weighted by Crippen LogP contribution is 2.60. The summed E-state index contributed by atoms with van der Waals surface area (Å²) in [5.41, 5.74) is 0.489. The third kappa shape index (κ3) is 3.75. The first-order valence-electron chi connectivity index (χ1n) is 8.62. The molecule has 1 saturated heterocycles. The molecule has 23 heavy (non-hydrogen) atoms. The summed E-state index contributed by atoms with van der Waals surface area (Å²) in [4.78, 5) is 7.93. The molecule has 0 aromatic carbocycles. The zero-order valence-electron chi connectivity index (χ0n) is 14.0. The van der Waals surface area contributed by atoms with Crippen molar-refractivity contribution < 1.29 is 13.2 Å². The molecule has 132 valence electrons. The van der Waals surface area contributed by atoms with Crippen molar-refractivity contribution in [3.05, 3.63) is 0 Å². The second kappa shape index (κ2) is 6.15. The van der Waals surface area contributed by atoms with Crippen LogP contribution < -0.4 is 5.32 Å². The van der Waals surface area contributed by atoms with E-state index in [1.54, 1.807) is 7.05 Å². The summed E-state index contributed by atoms with van der Waals surface area (Å²) in [6.07, 6.45) is 1.17. The predicted molar refractivity (Wildman–Crippen MR) is 84.4 cm³/mol. The molecule has 1 heterocycles. The van der Waals surface area contributed by atoms with Gasteiger partial charge in [-0.3, -0.25) is 9.89 Å². The molecule has 0 bridgehead atoms. The number of halogens is 3. The molecule has 4 nitrogen and oxygen atoms in total. The fourth-order valence-electron chi connectivity index (χ4n) is 3.70. The van der Waals surface area contributed by atoms with E-state index in [9.17, 15) is 13.2 Å². The van der Waals surface area contributed by atoms with Gasteiger partial charge in [0.05, 0.1) is 0 Å². The van der Waals surface area contributed by atoms with E-state index in [2.05, 4.69) is 15.2 Å². The van der Waals surface area contributed by atoms with Crippen molar-refractivity contribution in [1.29, 1.82) is 0 Å². The predicted octanol–water partition coefficient (Wildman–Crippen LogP) is 2.32. The Kier molecular flexibility index (Phi) is 4.51. The van der Waals surface area contributed by atoms with Crippen molar-refractivity contribution in [3.63, 3.8) is 0 Å². The molecule has 1 N–H and O–H groups in total. The van der Waals surface area contributed by atoms with Gasteiger partial charge in [0.2, 0.25) is 0 Å². The summed E-state index contributed by atoms with van der Waals surface area (Å²) >= 11 is 0. The number of aliphatic imine (C=N–C) groups is 1. The molecule has 0 aromatic rings. The third-order valence-electron chi connectivity index (χ3n) is 5.78. The number of rotatable bonds is 4. The average molecular weight is 332 g/mol. The highest BCUT2D eigenvalue weighted by molar-refractivity contribution is 5.80. The maximum atomic E-state index is 12.8. The summed E-state index contributed by atoms with van der Waals surface area (Å²) in [7, 11) is 1.75. The highest BCUT2D eigenvalue weighted by Gasteiger charge is 2.53. The van der Waals surface area contributed by atoms with Gasteiger partial charge in [-0.2, -0.15) is 13.2 Å². The van der Waals surface area contributed by atoms with Crippen LogP contribution in [-0.2, 0) is 0 Å². The van der Waals surface area contributed by atoms with Crippen LogP contribution >= 0.6 is 0 Å². The SMILES string of the molecule is CN=C(NCC1(C2CC2)CC1)N1CCN(C(C)C(F)(F)F)CC1. The van der Waals surface area contributed by atoms with E-state index in [0.717, 1.165) is 18.4 Å². The zero-order valence-corrected chi connectivity index (χ0v) is 14.0. The van der Waals surface area contributed by atoms with Crippen molar-refractivity contribution in [2.24, 2.45) is 16.3 Å². The fourth-order valence-corrected chi connectivity index (χ4v) is 3.70. The highest BCUT2D eigenvalue weighted by atomic mass is 19.4. The molecule has 3 rings (SSSR count). The number of alkyl halides is 3. The second-order valence-corrected chi connectivity index (χ2v) is 7.28. The van der Waals surface area contributed by atoms with Gasteiger partial charge in [0, 0.05) is 39.8 Å². The molecule has 7 heteroatoms. The van der Waals surface area contributed by atoms with E-state index in [-0.39, 0.29) is 0 Å². The molecule has 0 aromatic heterocycles. The van der Waals surface area contributed by atoms with Gasteiger partial charge in [-0.25, -0.2) is 0 Å². The minimum absolute atomic E-state index is 0.426. The van der Waals surface area contributed by atoms with Crippen LogP contribution in [0.3, 0.4) is 0 Å². The molecule has 0 spiro atoms. The van der Waals surface area contributed by atoms with E-state index in [1.165, 1.54) is 37.5 Å². The Hall–Kier alpha value is -0.980. The lowest BCUT2D eigenvalue weighted by Crippen LogP contribution is -2.57. The Balaban J connectivity index is 1.48. The molecule has 0 amide bonds. The second-order valence-electron chi connectivity index (χ2n) is 7.28. The van der Waals surface area contributed by atoms with Crippen molar-refractivity contribution in [2.45, 2.75) is 44.8 Å². The van der Waals surface area contributed by atoms with Gasteiger partial charge in [0.25, 0.3) is 0 Å². The van der Waals surface area contributed by atoms with E-state index in [1.807, 2.05) is 0 Å². The lowest BCUT2D eigenvalue weighted by Gasteiger charge is -2.40. The molecular weight excluding hydrogens is 305 g/mol. The van der Waals surface area contributed by atoms with Gasteiger partial charge >= 0.3 is 6.18 Å². The van der Waals surface area contributed by atoms with Crippen LogP contribution in [0.1, 0.15) is 32.6 Å². The summed E-state index contributed by atoms with van der Waals surface area (Å²) in [5.74, 6) is 1.73. The first-order chi connectivity index (χ1) is 10.9. The molecule has 2 saturated carbocycles. The molecule has 3 fully saturated rings. The molecule has 1 atom stereocenters. The van der Waals surface area contributed by atoms with Crippen LogP contribution in [-0.4, -0.2) is 67.7 Å². The smallest absolute Gasteiger partial charge is 0.356 e. The number of guanidine groups is 1. The molecule has 2 aliphatic carbocycles. The summed E-state index contributed by atoms with van der Waals surface area (Å²) in [5, 5.41) is 3.47. The standard InChI is InChI=1S/C16H27F3N4/c1-12(16(17,18)19)22-7-9-23(10-8-22)14(20-2)21-11-15(5-6-15)13-3-4-13/h12-13H,3-11H2,1-2H3,(H,20,21). The van der Waals surface area contributed by atoms with Crippen molar-refractivity contribution >= 4 is 5.96 Å². The minimum Gasteiger partial charge on any atom is -0.356 e. The largest absolute Gasteiger partial charge is 0.403 e. The maximum Gasteiger partial charge on any atom is 0.403 e. The van der Waals surface area contributed by atoms with Crippen molar-refractivity contribution in [2.75, 3.05) is 39.8 Å². The average Bonchev–Trinajstić information content (AvgIpc) is 3.39. The van der Waals surface area contributed by atoms with Gasteiger partial charge in [0.15, 0.2) is 5.96 Å². The fraction of sp³-hybridized carbons (Fsp3) is 0.938. The molecule has 0 radical (unpaired) electrons. The number of hydrogen-bond donors (Lipinski definition) is 1. The lowest BCUT2D eigenvalue weighted by atomic mass is 10.0. The van der Waals surface area contributed by atoms with Crippen molar-refractivity contribution in [3.8, 4) is 0 Å². The Bertz CT molecular complexity index is 447. The summed E-state index contributed by atoms with van der Waals surface area (Å²) in [6.45, 7) is 4.25. The number of hydrogen-bond acceptors (Lipinski definition) is 2. The quantitative estimate of drug-likeness (QED) is 0.633. The van der Waals surface area contributed by atoms with Gasteiger partial charge < -0.3 is 10.2 Å². The monoisotopic (exact) mass is 332 g/mol. The van der Waals surface area contributed by atoms with Gasteiger partial charge in [0.1, 0.15) is 6.04 Å². The topological polar surface area (TPSA) is 30.9 Å². The van der Waals surface area contributed by atoms with Crippen LogP contribution in [0.2, 0.25) is 0 Å². The molecule has 3 aliphatic rings. The van der Waals surface area contributed by atoms with Gasteiger partial charge in [-0.15, -0.1) is 0 Å². The Morgan fingerprint density at radius 1 is 1.22 bits per heavy atom. The summed E-state index contributed by atoms with van der Waals surface area (Å²) < 4.78 is 38.4. The first kappa shape index (κ1) is 16.9. The molecule has 1 aliphatic heterocycles. The van der Waals surface area contributed by atoms with Crippen LogP contribution in [0.5, 0.6) is 0 Å². The lowest BCUT2D eigenvalue weighted by molar-refractivity contribution is -0.181. The maximum absolute atomic E-state index is 12.8. The first-order valence-corrected chi connectivity index (χ1v) is 8.62. The van der Waals surface area contributed by atoms with E-state index >= 15 is 0 Å². The number of nitrogens with zero attached hydrogens (tertiary/aromatic N) is 3. The minimum atomic E-state index is -4.15. The molecule has 1 unspecified atom stereocenters. The normalized spacial score (nSPS) is 27.0.